The van der Waals surface area contributed by atoms with Crippen molar-refractivity contribution < 1.29 is 14.6 Å². The van der Waals surface area contributed by atoms with Crippen LogP contribution in [0.5, 0.6) is 5.75 Å². The molecule has 2 N–H and O–H groups in total. The molecule has 5 nitrogen and oxygen atoms in total. The summed E-state index contributed by atoms with van der Waals surface area (Å²) in [5, 5.41) is 13.4. The summed E-state index contributed by atoms with van der Waals surface area (Å²) < 4.78 is 5.72. The average molecular weight is 341 g/mol. The van der Waals surface area contributed by atoms with Gasteiger partial charge in [-0.25, -0.2) is 4.79 Å². The van der Waals surface area contributed by atoms with E-state index in [-0.39, 0.29) is 24.2 Å². The molecule has 6 heteroatoms. The zero-order valence-electron chi connectivity index (χ0n) is 13.7. The van der Waals surface area contributed by atoms with Gasteiger partial charge < -0.3 is 20.1 Å². The number of amides is 2. The number of rotatable bonds is 6. The fourth-order valence-corrected chi connectivity index (χ4v) is 2.94. The van der Waals surface area contributed by atoms with E-state index in [1.807, 2.05) is 6.92 Å². The average Bonchev–Trinajstić information content (AvgIpc) is 2.92. The lowest BCUT2D eigenvalue weighted by Crippen LogP contribution is -2.44. The topological polar surface area (TPSA) is 61.8 Å². The Hall–Kier alpha value is -1.46. The molecule has 0 spiro atoms. The van der Waals surface area contributed by atoms with Crippen molar-refractivity contribution in [2.45, 2.75) is 38.4 Å². The minimum Gasteiger partial charge on any atom is -0.489 e. The lowest BCUT2D eigenvalue weighted by Gasteiger charge is -2.24. The van der Waals surface area contributed by atoms with Crippen LogP contribution in [-0.2, 0) is 0 Å². The van der Waals surface area contributed by atoms with Gasteiger partial charge in [-0.15, -0.1) is 0 Å². The Morgan fingerprint density at radius 3 is 2.74 bits per heavy atom. The number of hydrogen-bond donors (Lipinski definition) is 2. The number of hydrogen-bond acceptors (Lipinski definition) is 3. The summed E-state index contributed by atoms with van der Waals surface area (Å²) in [5.41, 5.74) is 0. The highest BCUT2D eigenvalue weighted by Crippen LogP contribution is 2.25. The van der Waals surface area contributed by atoms with Crippen LogP contribution < -0.4 is 10.1 Å². The van der Waals surface area contributed by atoms with Crippen molar-refractivity contribution in [3.05, 3.63) is 29.3 Å². The van der Waals surface area contributed by atoms with Gasteiger partial charge in [0.05, 0.1) is 12.6 Å². The maximum Gasteiger partial charge on any atom is 0.317 e. The predicted molar refractivity (Wildman–Crippen MR) is 90.9 cm³/mol. The normalized spacial score (nSPS) is 21.7. The number of ether oxygens (including phenoxy) is 1. The Morgan fingerprint density at radius 2 is 2.13 bits per heavy atom. The first-order valence-corrected chi connectivity index (χ1v) is 8.42. The fraction of sp³-hybridized carbons (Fsp3) is 0.588. The Labute approximate surface area is 142 Å². The van der Waals surface area contributed by atoms with Crippen LogP contribution in [0, 0.1) is 5.92 Å². The van der Waals surface area contributed by atoms with E-state index in [1.165, 1.54) is 0 Å². The number of urea groups is 1. The molecule has 0 radical (unpaired) electrons. The Bertz CT molecular complexity index is 509. The summed E-state index contributed by atoms with van der Waals surface area (Å²) in [7, 11) is 1.76. The van der Waals surface area contributed by atoms with Crippen molar-refractivity contribution in [2.75, 3.05) is 20.1 Å². The van der Waals surface area contributed by atoms with Crippen molar-refractivity contribution in [1.29, 1.82) is 0 Å². The smallest absolute Gasteiger partial charge is 0.317 e. The second-order valence-electron chi connectivity index (χ2n) is 6.21. The molecule has 1 aromatic rings. The molecule has 1 aliphatic rings. The van der Waals surface area contributed by atoms with Crippen LogP contribution in [0.25, 0.3) is 0 Å². The van der Waals surface area contributed by atoms with Gasteiger partial charge in [-0.05, 0) is 44.0 Å². The molecule has 1 aliphatic carbocycles. The SMILES string of the molecule is CC(CNC(=O)N(C)CC1CCCC1O)Oc1ccc(Cl)cc1. The van der Waals surface area contributed by atoms with Gasteiger partial charge in [0.25, 0.3) is 0 Å². The van der Waals surface area contributed by atoms with Gasteiger partial charge in [-0.3, -0.25) is 0 Å². The van der Waals surface area contributed by atoms with Crippen LogP contribution in [0.1, 0.15) is 26.2 Å². The molecule has 1 saturated carbocycles. The largest absolute Gasteiger partial charge is 0.489 e. The molecule has 0 saturated heterocycles. The number of nitrogens with one attached hydrogen (secondary N) is 1. The molecule has 0 heterocycles. The molecule has 2 amide bonds. The molecule has 0 bridgehead atoms. The minimum absolute atomic E-state index is 0.143. The third kappa shape index (κ3) is 5.59. The molecule has 3 atom stereocenters. The number of nitrogens with zero attached hydrogens (tertiary/aromatic N) is 1. The molecular formula is C17H25ClN2O3. The van der Waals surface area contributed by atoms with E-state index in [0.717, 1.165) is 25.0 Å². The van der Waals surface area contributed by atoms with Crippen molar-refractivity contribution in [1.82, 2.24) is 10.2 Å². The van der Waals surface area contributed by atoms with Gasteiger partial charge >= 0.3 is 6.03 Å². The molecule has 2 rings (SSSR count). The lowest BCUT2D eigenvalue weighted by molar-refractivity contribution is 0.113. The Morgan fingerprint density at radius 1 is 1.43 bits per heavy atom. The molecule has 23 heavy (non-hydrogen) atoms. The van der Waals surface area contributed by atoms with E-state index in [1.54, 1.807) is 36.2 Å². The van der Waals surface area contributed by atoms with Crippen molar-refractivity contribution in [3.8, 4) is 5.75 Å². The summed E-state index contributed by atoms with van der Waals surface area (Å²) >= 11 is 5.83. The number of halogens is 1. The first-order chi connectivity index (χ1) is 11.0. The molecule has 0 aromatic heterocycles. The van der Waals surface area contributed by atoms with E-state index < -0.39 is 0 Å². The molecular weight excluding hydrogens is 316 g/mol. The maximum atomic E-state index is 12.1. The van der Waals surface area contributed by atoms with Crippen LogP contribution in [0.2, 0.25) is 5.02 Å². The summed E-state index contributed by atoms with van der Waals surface area (Å²) in [6.45, 7) is 2.90. The summed E-state index contributed by atoms with van der Waals surface area (Å²) in [4.78, 5) is 13.7. The van der Waals surface area contributed by atoms with Crippen LogP contribution >= 0.6 is 11.6 Å². The predicted octanol–water partition coefficient (Wildman–Crippen LogP) is 2.91. The first-order valence-electron chi connectivity index (χ1n) is 8.05. The van der Waals surface area contributed by atoms with Crippen molar-refractivity contribution >= 4 is 17.6 Å². The fourth-order valence-electron chi connectivity index (χ4n) is 2.82. The third-order valence-corrected chi connectivity index (χ3v) is 4.42. The van der Waals surface area contributed by atoms with Gasteiger partial charge in [-0.2, -0.15) is 0 Å². The first kappa shape index (κ1) is 17.9. The number of aliphatic hydroxyl groups excluding tert-OH is 1. The summed E-state index contributed by atoms with van der Waals surface area (Å²) in [5.74, 6) is 0.909. The Kier molecular flexibility index (Phi) is 6.54. The second-order valence-corrected chi connectivity index (χ2v) is 6.64. The van der Waals surface area contributed by atoms with E-state index in [0.29, 0.717) is 18.1 Å². The molecule has 128 valence electrons. The molecule has 0 aliphatic heterocycles. The van der Waals surface area contributed by atoms with Gasteiger partial charge in [-0.1, -0.05) is 18.0 Å². The minimum atomic E-state index is -0.280. The van der Waals surface area contributed by atoms with Crippen LogP contribution in [0.15, 0.2) is 24.3 Å². The number of aliphatic hydroxyl groups is 1. The van der Waals surface area contributed by atoms with Crippen LogP contribution in [0.3, 0.4) is 0 Å². The van der Waals surface area contributed by atoms with E-state index in [9.17, 15) is 9.90 Å². The summed E-state index contributed by atoms with van der Waals surface area (Å²) in [6, 6.07) is 6.99. The maximum absolute atomic E-state index is 12.1. The van der Waals surface area contributed by atoms with E-state index in [2.05, 4.69) is 5.32 Å². The van der Waals surface area contributed by atoms with Crippen LogP contribution in [-0.4, -0.2) is 48.4 Å². The Balaban J connectivity index is 1.71. The van der Waals surface area contributed by atoms with E-state index in [4.69, 9.17) is 16.3 Å². The highest BCUT2D eigenvalue weighted by Gasteiger charge is 2.27. The third-order valence-electron chi connectivity index (χ3n) is 4.17. The lowest BCUT2D eigenvalue weighted by atomic mass is 10.1. The molecule has 1 aromatic carbocycles. The zero-order valence-corrected chi connectivity index (χ0v) is 14.4. The van der Waals surface area contributed by atoms with Crippen molar-refractivity contribution in [2.24, 2.45) is 5.92 Å². The zero-order chi connectivity index (χ0) is 16.8. The highest BCUT2D eigenvalue weighted by molar-refractivity contribution is 6.30. The quantitative estimate of drug-likeness (QED) is 0.837. The standard InChI is InChI=1S/C17H25ClN2O3/c1-12(23-15-8-6-14(18)7-9-15)10-19-17(22)20(2)11-13-4-3-5-16(13)21/h6-9,12-13,16,21H,3-5,10-11H2,1-2H3,(H,19,22). The monoisotopic (exact) mass is 340 g/mol. The van der Waals surface area contributed by atoms with E-state index >= 15 is 0 Å². The van der Waals surface area contributed by atoms with Gasteiger partial charge in [0.15, 0.2) is 0 Å². The molecule has 1 fully saturated rings. The number of carbonyl (C=O) groups is 1. The van der Waals surface area contributed by atoms with Crippen LogP contribution in [0.4, 0.5) is 4.79 Å². The molecule has 3 unspecified atom stereocenters. The highest BCUT2D eigenvalue weighted by atomic mass is 35.5. The second kappa shape index (κ2) is 8.41. The van der Waals surface area contributed by atoms with Crippen molar-refractivity contribution in [3.63, 3.8) is 0 Å². The van der Waals surface area contributed by atoms with Gasteiger partial charge in [0, 0.05) is 24.5 Å². The summed E-state index contributed by atoms with van der Waals surface area (Å²) in [6.07, 6.45) is 2.43. The number of benzene rings is 1. The van der Waals surface area contributed by atoms with Gasteiger partial charge in [0.1, 0.15) is 11.9 Å². The number of carbonyl (C=O) groups excluding carboxylic acids is 1. The van der Waals surface area contributed by atoms with Gasteiger partial charge in [0.2, 0.25) is 0 Å².